The molecule has 0 N–H and O–H groups in total. The van der Waals surface area contributed by atoms with Gasteiger partial charge in [0.05, 0.1) is 6.61 Å². The fourth-order valence-electron chi connectivity index (χ4n) is 3.43. The van der Waals surface area contributed by atoms with Crippen LogP contribution in [0.3, 0.4) is 0 Å². The van der Waals surface area contributed by atoms with E-state index >= 15 is 0 Å². The number of benzene rings is 2. The molecule has 0 aromatic heterocycles. The van der Waals surface area contributed by atoms with Crippen molar-refractivity contribution in [2.24, 2.45) is 0 Å². The largest absolute Gasteiger partial charge is 0.344 e. The Morgan fingerprint density at radius 2 is 1.56 bits per heavy atom. The molecule has 3 nitrogen and oxygen atoms in total. The van der Waals surface area contributed by atoms with Gasteiger partial charge in [-0.15, -0.1) is 0 Å². The quantitative estimate of drug-likeness (QED) is 0.614. The van der Waals surface area contributed by atoms with Crippen LogP contribution in [-0.4, -0.2) is 18.5 Å². The molecular weight excluding hydrogens is 380 g/mol. The molecule has 2 aliphatic rings. The van der Waals surface area contributed by atoms with Crippen LogP contribution >= 0.6 is 15.9 Å². The molecule has 1 aliphatic heterocycles. The molecule has 1 saturated carbocycles. The number of hydrogen-bond acceptors (Lipinski definition) is 3. The lowest BCUT2D eigenvalue weighted by molar-refractivity contribution is -0.475. The Morgan fingerprint density at radius 3 is 2.12 bits per heavy atom. The molecule has 2 aromatic carbocycles. The van der Waals surface area contributed by atoms with Crippen molar-refractivity contribution in [3.8, 4) is 11.1 Å². The maximum absolute atomic E-state index is 5.97. The van der Waals surface area contributed by atoms with Crippen LogP contribution in [0.2, 0.25) is 0 Å². The molecule has 1 spiro atoms. The predicted molar refractivity (Wildman–Crippen MR) is 102 cm³/mol. The van der Waals surface area contributed by atoms with E-state index in [1.54, 1.807) is 0 Å². The SMILES string of the molecule is C=C(c1ccc(-c2ccc(Br)cc2)cc1)C1COC2(CCCC2)OO1. The summed E-state index contributed by atoms with van der Waals surface area (Å²) in [6.45, 7) is 4.68. The van der Waals surface area contributed by atoms with E-state index in [9.17, 15) is 0 Å². The second-order valence-electron chi connectivity index (χ2n) is 6.71. The monoisotopic (exact) mass is 400 g/mol. The molecule has 1 heterocycles. The molecule has 2 fully saturated rings. The lowest BCUT2D eigenvalue weighted by Gasteiger charge is -2.36. The standard InChI is InChI=1S/C21H21BrO3/c1-15(20-14-23-21(25-24-20)12-2-3-13-21)16-4-6-17(7-5-16)18-8-10-19(22)11-9-18/h4-11,20H,1-3,12-14H2. The van der Waals surface area contributed by atoms with Crippen molar-refractivity contribution in [3.05, 3.63) is 65.1 Å². The van der Waals surface area contributed by atoms with E-state index in [2.05, 4.69) is 58.9 Å². The summed E-state index contributed by atoms with van der Waals surface area (Å²) in [5, 5.41) is 0. The highest BCUT2D eigenvalue weighted by molar-refractivity contribution is 9.10. The topological polar surface area (TPSA) is 27.7 Å². The van der Waals surface area contributed by atoms with E-state index < -0.39 is 5.79 Å². The second-order valence-corrected chi connectivity index (χ2v) is 7.62. The molecule has 0 amide bonds. The van der Waals surface area contributed by atoms with Gasteiger partial charge in [0.2, 0.25) is 5.79 Å². The van der Waals surface area contributed by atoms with Crippen molar-refractivity contribution in [3.63, 3.8) is 0 Å². The maximum Gasteiger partial charge on any atom is 0.201 e. The molecule has 1 saturated heterocycles. The van der Waals surface area contributed by atoms with Gasteiger partial charge in [-0.2, -0.15) is 0 Å². The fourth-order valence-corrected chi connectivity index (χ4v) is 3.69. The van der Waals surface area contributed by atoms with E-state index in [1.807, 2.05) is 12.1 Å². The third-order valence-electron chi connectivity index (χ3n) is 5.00. The second kappa shape index (κ2) is 7.04. The van der Waals surface area contributed by atoms with Gasteiger partial charge in [-0.05, 0) is 47.2 Å². The van der Waals surface area contributed by atoms with Gasteiger partial charge in [0, 0.05) is 17.3 Å². The van der Waals surface area contributed by atoms with Crippen LogP contribution in [0.1, 0.15) is 31.2 Å². The number of ether oxygens (including phenoxy) is 1. The summed E-state index contributed by atoms with van der Waals surface area (Å²) in [6.07, 6.45) is 3.82. The maximum atomic E-state index is 5.97. The normalized spacial score (nSPS) is 22.2. The summed E-state index contributed by atoms with van der Waals surface area (Å²) >= 11 is 3.47. The first-order chi connectivity index (χ1) is 12.2. The van der Waals surface area contributed by atoms with Crippen molar-refractivity contribution >= 4 is 21.5 Å². The lowest BCUT2D eigenvalue weighted by Crippen LogP contribution is -2.43. The van der Waals surface area contributed by atoms with Crippen molar-refractivity contribution in [2.75, 3.05) is 6.61 Å². The van der Waals surface area contributed by atoms with Crippen LogP contribution in [-0.2, 0) is 14.5 Å². The summed E-state index contributed by atoms with van der Waals surface area (Å²) in [7, 11) is 0. The molecule has 1 aliphatic carbocycles. The molecule has 4 rings (SSSR count). The molecule has 2 aromatic rings. The molecule has 0 bridgehead atoms. The van der Waals surface area contributed by atoms with Crippen LogP contribution in [0.5, 0.6) is 0 Å². The van der Waals surface area contributed by atoms with Crippen molar-refractivity contribution < 1.29 is 14.5 Å². The summed E-state index contributed by atoms with van der Waals surface area (Å²) in [4.78, 5) is 11.2. The molecule has 25 heavy (non-hydrogen) atoms. The Balaban J connectivity index is 1.43. The van der Waals surface area contributed by atoms with Gasteiger partial charge in [0.1, 0.15) is 6.10 Å². The Morgan fingerprint density at radius 1 is 0.960 bits per heavy atom. The molecule has 130 valence electrons. The zero-order valence-corrected chi connectivity index (χ0v) is 15.6. The Bertz CT molecular complexity index is 736. The van der Waals surface area contributed by atoms with Gasteiger partial charge in [0.15, 0.2) is 0 Å². The minimum Gasteiger partial charge on any atom is -0.344 e. The summed E-state index contributed by atoms with van der Waals surface area (Å²) in [5.74, 6) is -0.512. The van der Waals surface area contributed by atoms with E-state index in [4.69, 9.17) is 14.5 Å². The van der Waals surface area contributed by atoms with Gasteiger partial charge in [0.25, 0.3) is 0 Å². The highest BCUT2D eigenvalue weighted by atomic mass is 79.9. The molecular formula is C21H21BrO3. The van der Waals surface area contributed by atoms with Crippen LogP contribution in [0.15, 0.2) is 59.6 Å². The first-order valence-electron chi connectivity index (χ1n) is 8.69. The zero-order valence-electron chi connectivity index (χ0n) is 14.0. The highest BCUT2D eigenvalue weighted by Crippen LogP contribution is 2.39. The smallest absolute Gasteiger partial charge is 0.201 e. The Hall–Kier alpha value is -1.46. The van der Waals surface area contributed by atoms with Gasteiger partial charge in [-0.1, -0.05) is 58.9 Å². The van der Waals surface area contributed by atoms with Gasteiger partial charge in [-0.3, -0.25) is 0 Å². The first kappa shape index (κ1) is 17.0. The van der Waals surface area contributed by atoms with Crippen molar-refractivity contribution in [2.45, 2.75) is 37.6 Å². The first-order valence-corrected chi connectivity index (χ1v) is 9.48. The average molecular weight is 401 g/mol. The Labute approximate surface area is 156 Å². The van der Waals surface area contributed by atoms with E-state index in [1.165, 1.54) is 11.1 Å². The van der Waals surface area contributed by atoms with Crippen molar-refractivity contribution in [1.82, 2.24) is 0 Å². The summed E-state index contributed by atoms with van der Waals surface area (Å²) < 4.78 is 7.05. The van der Waals surface area contributed by atoms with Crippen molar-refractivity contribution in [1.29, 1.82) is 0 Å². The Kier molecular flexibility index (Phi) is 4.78. The summed E-state index contributed by atoms with van der Waals surface area (Å²) in [6, 6.07) is 16.6. The average Bonchev–Trinajstić information content (AvgIpc) is 3.11. The van der Waals surface area contributed by atoms with Crippen LogP contribution in [0.25, 0.3) is 16.7 Å². The van der Waals surface area contributed by atoms with E-state index in [-0.39, 0.29) is 6.10 Å². The number of hydrogen-bond donors (Lipinski definition) is 0. The predicted octanol–water partition coefficient (Wildman–Crippen LogP) is 5.75. The van der Waals surface area contributed by atoms with Crippen LogP contribution < -0.4 is 0 Å². The van der Waals surface area contributed by atoms with E-state index in [0.29, 0.717) is 6.61 Å². The molecule has 0 radical (unpaired) electrons. The zero-order chi connectivity index (χ0) is 17.3. The van der Waals surface area contributed by atoms with E-state index in [0.717, 1.165) is 41.3 Å². The fraction of sp³-hybridized carbons (Fsp3) is 0.333. The highest BCUT2D eigenvalue weighted by Gasteiger charge is 2.42. The van der Waals surface area contributed by atoms with Gasteiger partial charge in [-0.25, -0.2) is 9.78 Å². The van der Waals surface area contributed by atoms with Gasteiger partial charge < -0.3 is 4.74 Å². The number of rotatable bonds is 3. The minimum atomic E-state index is -0.512. The summed E-state index contributed by atoms with van der Waals surface area (Å²) in [5.41, 5.74) is 4.28. The number of halogens is 1. The van der Waals surface area contributed by atoms with Crippen LogP contribution in [0, 0.1) is 0 Å². The molecule has 1 atom stereocenters. The van der Waals surface area contributed by atoms with Crippen LogP contribution in [0.4, 0.5) is 0 Å². The third-order valence-corrected chi connectivity index (χ3v) is 5.53. The molecule has 1 unspecified atom stereocenters. The molecule has 4 heteroatoms. The third kappa shape index (κ3) is 3.58. The lowest BCUT2D eigenvalue weighted by atomic mass is 9.98. The minimum absolute atomic E-state index is 0.259. The van der Waals surface area contributed by atoms with Gasteiger partial charge >= 0.3 is 0 Å².